The van der Waals surface area contributed by atoms with Gasteiger partial charge < -0.3 is 4.57 Å². The molecule has 2 aromatic heterocycles. The molecule has 0 aliphatic carbocycles. The van der Waals surface area contributed by atoms with E-state index in [4.69, 9.17) is 9.97 Å². The molecular weight excluding hydrogens is 814 g/mol. The first-order valence-corrected chi connectivity index (χ1v) is 19.2. The first kappa shape index (κ1) is 40.2. The molecule has 0 fully saturated rings. The molecule has 2 heterocycles. The Morgan fingerprint density at radius 3 is 1.40 bits per heavy atom. The first-order valence-electron chi connectivity index (χ1n) is 19.2. The van der Waals surface area contributed by atoms with Crippen LogP contribution in [0, 0.1) is 6.92 Å². The van der Waals surface area contributed by atoms with Gasteiger partial charge in [0.05, 0.1) is 44.8 Å². The molecule has 9 aromatic rings. The summed E-state index contributed by atoms with van der Waals surface area (Å²) in [6.07, 6.45) is -14.6. The number of rotatable bonds is 6. The van der Waals surface area contributed by atoms with E-state index < -0.39 is 35.2 Å². The molecular formula is C50H30F9N3. The lowest BCUT2D eigenvalue weighted by molar-refractivity contribution is -0.138. The molecule has 0 unspecified atom stereocenters. The van der Waals surface area contributed by atoms with Crippen LogP contribution in [0.3, 0.4) is 0 Å². The molecule has 0 N–H and O–H groups in total. The maximum atomic E-state index is 15.2. The van der Waals surface area contributed by atoms with Crippen LogP contribution in [0.4, 0.5) is 39.5 Å². The SMILES string of the molecule is Cc1ccc2c(c1)c1cc(C(F)(F)F)ccc1n2-c1c(-c2ccccc2C(F)(F)F)cc(-c2cc(-c3ccccc3)nc(-c3ccccc3)n2)cc1-c1ccccc1C(F)(F)F. The highest BCUT2D eigenvalue weighted by Crippen LogP contribution is 2.49. The Balaban J connectivity index is 1.49. The van der Waals surface area contributed by atoms with Crippen LogP contribution in [-0.4, -0.2) is 14.5 Å². The van der Waals surface area contributed by atoms with E-state index in [0.29, 0.717) is 27.8 Å². The Hall–Kier alpha value is -7.21. The van der Waals surface area contributed by atoms with Crippen molar-refractivity contribution in [1.82, 2.24) is 14.5 Å². The van der Waals surface area contributed by atoms with Crippen molar-refractivity contribution in [2.75, 3.05) is 0 Å². The van der Waals surface area contributed by atoms with Crippen LogP contribution in [0.15, 0.2) is 164 Å². The quantitative estimate of drug-likeness (QED) is 0.156. The van der Waals surface area contributed by atoms with Crippen molar-refractivity contribution in [3.8, 4) is 61.8 Å². The molecule has 0 saturated heterocycles. The van der Waals surface area contributed by atoms with Crippen molar-refractivity contribution < 1.29 is 39.5 Å². The average Bonchev–Trinajstić information content (AvgIpc) is 3.58. The summed E-state index contributed by atoms with van der Waals surface area (Å²) in [6, 6.07) is 39.8. The summed E-state index contributed by atoms with van der Waals surface area (Å²) in [5, 5.41) is 0.416. The second kappa shape index (κ2) is 15.1. The van der Waals surface area contributed by atoms with E-state index >= 15 is 26.3 Å². The van der Waals surface area contributed by atoms with Crippen LogP contribution in [0.1, 0.15) is 22.3 Å². The van der Waals surface area contributed by atoms with Crippen LogP contribution < -0.4 is 0 Å². The van der Waals surface area contributed by atoms with E-state index in [0.717, 1.165) is 24.3 Å². The lowest BCUT2D eigenvalue weighted by atomic mass is 9.88. The van der Waals surface area contributed by atoms with Crippen LogP contribution in [0.5, 0.6) is 0 Å². The molecule has 0 aliphatic rings. The maximum absolute atomic E-state index is 15.2. The van der Waals surface area contributed by atoms with Crippen molar-refractivity contribution in [3.63, 3.8) is 0 Å². The van der Waals surface area contributed by atoms with E-state index in [-0.39, 0.29) is 61.4 Å². The van der Waals surface area contributed by atoms with E-state index in [9.17, 15) is 13.2 Å². The van der Waals surface area contributed by atoms with Crippen molar-refractivity contribution in [1.29, 1.82) is 0 Å². The standard InChI is InChI=1S/C50H30F9N3/c1-29-20-22-44-36(24-29)37-27-33(48(51,52)53)21-23-45(37)62(44)46-38(34-16-8-10-18-40(34)49(54,55)56)25-32(26-39(46)35-17-9-11-19-41(35)50(57,58)59)43-28-42(30-12-4-2-5-13-30)60-47(61-43)31-14-6-3-7-15-31/h2-28H,1H3. The minimum Gasteiger partial charge on any atom is -0.308 e. The Morgan fingerprint density at radius 1 is 0.403 bits per heavy atom. The average molecular weight is 844 g/mol. The molecule has 0 radical (unpaired) electrons. The van der Waals surface area contributed by atoms with Gasteiger partial charge in [-0.25, -0.2) is 9.97 Å². The van der Waals surface area contributed by atoms with Gasteiger partial charge in [0, 0.05) is 38.6 Å². The molecule has 3 nitrogen and oxygen atoms in total. The molecule has 0 aliphatic heterocycles. The summed E-state index contributed by atoms with van der Waals surface area (Å²) >= 11 is 0. The van der Waals surface area contributed by atoms with Gasteiger partial charge in [0.2, 0.25) is 0 Å². The highest BCUT2D eigenvalue weighted by molar-refractivity contribution is 6.11. The van der Waals surface area contributed by atoms with Crippen molar-refractivity contribution in [2.45, 2.75) is 25.5 Å². The third kappa shape index (κ3) is 7.35. The van der Waals surface area contributed by atoms with Crippen molar-refractivity contribution >= 4 is 21.8 Å². The number of nitrogens with zero attached hydrogens (tertiary/aromatic N) is 3. The fourth-order valence-electron chi connectivity index (χ4n) is 7.99. The van der Waals surface area contributed by atoms with Gasteiger partial charge in [-0.05, 0) is 78.7 Å². The van der Waals surface area contributed by atoms with Crippen LogP contribution in [0.2, 0.25) is 0 Å². The lowest BCUT2D eigenvalue weighted by Crippen LogP contribution is -2.11. The fourth-order valence-corrected chi connectivity index (χ4v) is 7.99. The largest absolute Gasteiger partial charge is 0.417 e. The van der Waals surface area contributed by atoms with E-state index in [2.05, 4.69) is 0 Å². The predicted octanol–water partition coefficient (Wildman–Crippen LogP) is 15.3. The Labute approximate surface area is 348 Å². The van der Waals surface area contributed by atoms with Gasteiger partial charge in [-0.15, -0.1) is 0 Å². The van der Waals surface area contributed by atoms with Gasteiger partial charge in [0.25, 0.3) is 0 Å². The Bertz CT molecular complexity index is 3010. The zero-order valence-corrected chi connectivity index (χ0v) is 32.3. The Kier molecular flexibility index (Phi) is 9.76. The number of aromatic nitrogens is 3. The number of aryl methyl sites for hydroxylation is 1. The molecule has 0 bridgehead atoms. The topological polar surface area (TPSA) is 30.7 Å². The van der Waals surface area contributed by atoms with Crippen LogP contribution in [-0.2, 0) is 18.5 Å². The van der Waals surface area contributed by atoms with Gasteiger partial charge in [0.15, 0.2) is 5.82 Å². The van der Waals surface area contributed by atoms with Crippen LogP contribution in [0.25, 0.3) is 83.6 Å². The zero-order chi connectivity index (χ0) is 43.6. The van der Waals surface area contributed by atoms with E-state index in [1.807, 2.05) is 18.2 Å². The summed E-state index contributed by atoms with van der Waals surface area (Å²) in [4.78, 5) is 9.70. The third-order valence-corrected chi connectivity index (χ3v) is 10.8. The smallest absolute Gasteiger partial charge is 0.308 e. The normalized spacial score (nSPS) is 12.4. The monoisotopic (exact) mass is 843 g/mol. The molecule has 9 rings (SSSR count). The van der Waals surface area contributed by atoms with Crippen LogP contribution >= 0.6 is 0 Å². The van der Waals surface area contributed by atoms with Crippen molar-refractivity contribution in [2.24, 2.45) is 0 Å². The number of hydrogen-bond acceptors (Lipinski definition) is 2. The van der Waals surface area contributed by atoms with Gasteiger partial charge in [-0.1, -0.05) is 109 Å². The second-order valence-electron chi connectivity index (χ2n) is 14.8. The van der Waals surface area contributed by atoms with Gasteiger partial charge >= 0.3 is 18.5 Å². The predicted molar refractivity (Wildman–Crippen MR) is 223 cm³/mol. The Morgan fingerprint density at radius 2 is 0.871 bits per heavy atom. The number of benzene rings is 7. The zero-order valence-electron chi connectivity index (χ0n) is 32.3. The third-order valence-electron chi connectivity index (χ3n) is 10.8. The number of alkyl halides is 9. The van der Waals surface area contributed by atoms with E-state index in [1.54, 1.807) is 73.7 Å². The lowest BCUT2D eigenvalue weighted by Gasteiger charge is -2.24. The number of halogens is 9. The summed E-state index contributed by atoms with van der Waals surface area (Å²) in [7, 11) is 0. The van der Waals surface area contributed by atoms with E-state index in [1.165, 1.54) is 59.2 Å². The van der Waals surface area contributed by atoms with Gasteiger partial charge in [0.1, 0.15) is 0 Å². The number of hydrogen-bond donors (Lipinski definition) is 0. The first-order chi connectivity index (χ1) is 29.6. The summed E-state index contributed by atoms with van der Waals surface area (Å²) in [5.74, 6) is 0.249. The molecule has 7 aromatic carbocycles. The summed E-state index contributed by atoms with van der Waals surface area (Å²) in [5.41, 5.74) is -1.20. The van der Waals surface area contributed by atoms with Gasteiger partial charge in [-0.2, -0.15) is 39.5 Å². The maximum Gasteiger partial charge on any atom is 0.417 e. The highest BCUT2D eigenvalue weighted by atomic mass is 19.4. The minimum absolute atomic E-state index is 0.100. The highest BCUT2D eigenvalue weighted by Gasteiger charge is 2.38. The minimum atomic E-state index is -4.94. The number of fused-ring (bicyclic) bond motifs is 3. The molecule has 0 spiro atoms. The van der Waals surface area contributed by atoms with Crippen molar-refractivity contribution in [3.05, 3.63) is 186 Å². The molecule has 0 atom stereocenters. The molecule has 0 saturated carbocycles. The fraction of sp³-hybridized carbons (Fsp3) is 0.0800. The van der Waals surface area contributed by atoms with Gasteiger partial charge in [-0.3, -0.25) is 0 Å². The summed E-state index contributed by atoms with van der Waals surface area (Å²) < 4.78 is 135. The molecule has 308 valence electrons. The summed E-state index contributed by atoms with van der Waals surface area (Å²) in [6.45, 7) is 1.73. The second-order valence-corrected chi connectivity index (χ2v) is 14.8. The molecule has 12 heteroatoms. The molecule has 62 heavy (non-hydrogen) atoms. The molecule has 0 amide bonds.